The first-order valence-corrected chi connectivity index (χ1v) is 9.71. The Labute approximate surface area is 182 Å². The zero-order valence-electron chi connectivity index (χ0n) is 15.8. The predicted octanol–water partition coefficient (Wildman–Crippen LogP) is 6.12. The number of halogens is 2. The number of amides is 1. The van der Waals surface area contributed by atoms with Crippen molar-refractivity contribution in [2.75, 3.05) is 12.4 Å². The van der Waals surface area contributed by atoms with E-state index in [0.717, 1.165) is 10.9 Å². The number of fused-ring (bicyclic) bond motifs is 1. The van der Waals surface area contributed by atoms with Crippen LogP contribution in [-0.4, -0.2) is 18.0 Å². The summed E-state index contributed by atoms with van der Waals surface area (Å²) in [5.41, 5.74) is 1.92. The molecule has 0 bridgehead atoms. The van der Waals surface area contributed by atoms with Gasteiger partial charge in [0.15, 0.2) is 5.75 Å². The molecule has 4 rings (SSSR count). The number of furan rings is 1. The zero-order chi connectivity index (χ0) is 21.1. The number of nitrogens with one attached hydrogen (secondary N) is 1. The smallest absolute Gasteiger partial charge is 0.238 e. The highest BCUT2D eigenvalue weighted by Crippen LogP contribution is 2.33. The summed E-state index contributed by atoms with van der Waals surface area (Å²) in [6.45, 7) is 0. The van der Waals surface area contributed by atoms with Gasteiger partial charge in [-0.25, -0.2) is 4.98 Å². The van der Waals surface area contributed by atoms with Gasteiger partial charge >= 0.3 is 0 Å². The number of methoxy groups -OCH3 is 1. The van der Waals surface area contributed by atoms with Gasteiger partial charge in [0.05, 0.1) is 30.5 Å². The maximum absolute atomic E-state index is 12.7. The van der Waals surface area contributed by atoms with Gasteiger partial charge in [-0.3, -0.25) is 4.79 Å². The lowest BCUT2D eigenvalue weighted by atomic mass is 10.1. The third-order valence-electron chi connectivity index (χ3n) is 4.36. The number of pyridine rings is 1. The van der Waals surface area contributed by atoms with E-state index in [2.05, 4.69) is 10.3 Å². The molecular weight excluding hydrogens is 427 g/mol. The van der Waals surface area contributed by atoms with Crippen molar-refractivity contribution in [2.24, 2.45) is 0 Å². The third-order valence-corrected chi connectivity index (χ3v) is 4.83. The van der Waals surface area contributed by atoms with E-state index >= 15 is 0 Å². The second-order valence-corrected chi connectivity index (χ2v) is 7.23. The molecule has 6 nitrogen and oxygen atoms in total. The lowest BCUT2D eigenvalue weighted by Crippen LogP contribution is -2.14. The van der Waals surface area contributed by atoms with Crippen molar-refractivity contribution >= 4 is 45.8 Å². The van der Waals surface area contributed by atoms with Gasteiger partial charge < -0.3 is 19.2 Å². The number of carbonyl (C=O) groups excluding carboxylic acids is 1. The maximum Gasteiger partial charge on any atom is 0.238 e. The number of carbonyl (C=O) groups is 1. The Morgan fingerprint density at radius 1 is 1.17 bits per heavy atom. The number of aromatic nitrogens is 1. The van der Waals surface area contributed by atoms with Crippen LogP contribution in [0.2, 0.25) is 10.0 Å². The van der Waals surface area contributed by atoms with Crippen molar-refractivity contribution in [3.05, 3.63) is 76.6 Å². The van der Waals surface area contributed by atoms with Gasteiger partial charge in [0.1, 0.15) is 16.4 Å². The first-order valence-electron chi connectivity index (χ1n) is 8.95. The quantitative estimate of drug-likeness (QED) is 0.389. The molecule has 1 N–H and O–H groups in total. The number of nitrogens with zero attached hydrogens (tertiary/aromatic N) is 1. The number of hydrogen-bond acceptors (Lipinski definition) is 5. The van der Waals surface area contributed by atoms with Gasteiger partial charge in [0, 0.05) is 23.2 Å². The van der Waals surface area contributed by atoms with Crippen molar-refractivity contribution in [2.45, 2.75) is 6.42 Å². The topological polar surface area (TPSA) is 73.6 Å². The minimum Gasteiger partial charge on any atom is -0.497 e. The average molecular weight is 443 g/mol. The summed E-state index contributed by atoms with van der Waals surface area (Å²) in [4.78, 5) is 16.8. The van der Waals surface area contributed by atoms with E-state index in [4.69, 9.17) is 37.1 Å². The summed E-state index contributed by atoms with van der Waals surface area (Å²) in [7, 11) is 1.59. The van der Waals surface area contributed by atoms with Gasteiger partial charge in [-0.05, 0) is 30.3 Å². The SMILES string of the molecule is COc1ccc2c(CC(=O)Nc3ccccc3Oc3ncc(Cl)cc3Cl)coc2c1. The highest BCUT2D eigenvalue weighted by Gasteiger charge is 2.14. The number of anilines is 1. The summed E-state index contributed by atoms with van der Waals surface area (Å²) >= 11 is 12.0. The fraction of sp³-hybridized carbons (Fsp3) is 0.0909. The van der Waals surface area contributed by atoms with Crippen LogP contribution in [0.5, 0.6) is 17.4 Å². The van der Waals surface area contributed by atoms with E-state index in [1.807, 2.05) is 12.1 Å². The molecule has 0 saturated carbocycles. The molecule has 2 aromatic carbocycles. The molecule has 0 spiro atoms. The first kappa shape index (κ1) is 20.1. The van der Waals surface area contributed by atoms with Crippen LogP contribution in [0.15, 0.2) is 65.4 Å². The summed E-state index contributed by atoms with van der Waals surface area (Å²) in [6.07, 6.45) is 3.14. The normalized spacial score (nSPS) is 10.8. The molecule has 0 aliphatic rings. The first-order chi connectivity index (χ1) is 14.5. The average Bonchev–Trinajstić information content (AvgIpc) is 3.13. The van der Waals surface area contributed by atoms with Crippen LogP contribution in [0, 0.1) is 0 Å². The Morgan fingerprint density at radius 2 is 2.00 bits per heavy atom. The van der Waals surface area contributed by atoms with Crippen LogP contribution >= 0.6 is 23.2 Å². The molecule has 0 radical (unpaired) electrons. The van der Waals surface area contributed by atoms with Gasteiger partial charge in [0.25, 0.3) is 0 Å². The molecule has 1 amide bonds. The second kappa shape index (κ2) is 8.65. The number of para-hydroxylation sites is 2. The molecule has 0 unspecified atom stereocenters. The van der Waals surface area contributed by atoms with Crippen LogP contribution in [0.3, 0.4) is 0 Å². The van der Waals surface area contributed by atoms with Gasteiger partial charge in [0.2, 0.25) is 11.8 Å². The molecule has 2 heterocycles. The van der Waals surface area contributed by atoms with Crippen molar-refractivity contribution in [3.8, 4) is 17.4 Å². The van der Waals surface area contributed by atoms with Crippen LogP contribution in [-0.2, 0) is 11.2 Å². The largest absolute Gasteiger partial charge is 0.497 e. The molecule has 8 heteroatoms. The highest BCUT2D eigenvalue weighted by atomic mass is 35.5. The van der Waals surface area contributed by atoms with Gasteiger partial charge in [-0.2, -0.15) is 0 Å². The lowest BCUT2D eigenvalue weighted by molar-refractivity contribution is -0.115. The molecule has 0 aliphatic carbocycles. The van der Waals surface area contributed by atoms with Crippen molar-refractivity contribution in [3.63, 3.8) is 0 Å². The molecule has 4 aromatic rings. The van der Waals surface area contributed by atoms with Crippen LogP contribution in [0.4, 0.5) is 5.69 Å². The van der Waals surface area contributed by atoms with E-state index in [1.54, 1.807) is 43.7 Å². The third kappa shape index (κ3) is 4.35. The van der Waals surface area contributed by atoms with E-state index in [-0.39, 0.29) is 23.2 Å². The number of ether oxygens (including phenoxy) is 2. The van der Waals surface area contributed by atoms with E-state index in [0.29, 0.717) is 27.8 Å². The van der Waals surface area contributed by atoms with Gasteiger partial charge in [-0.15, -0.1) is 0 Å². The predicted molar refractivity (Wildman–Crippen MR) is 116 cm³/mol. The molecule has 152 valence electrons. The fourth-order valence-corrected chi connectivity index (χ4v) is 3.35. The van der Waals surface area contributed by atoms with Gasteiger partial charge in [-0.1, -0.05) is 35.3 Å². The Hall–Kier alpha value is -3.22. The Bertz CT molecular complexity index is 1220. The zero-order valence-corrected chi connectivity index (χ0v) is 17.3. The molecule has 0 saturated heterocycles. The lowest BCUT2D eigenvalue weighted by Gasteiger charge is -2.12. The van der Waals surface area contributed by atoms with Crippen molar-refractivity contribution < 1.29 is 18.7 Å². The Balaban J connectivity index is 1.51. The number of rotatable bonds is 6. The Kier molecular flexibility index (Phi) is 5.79. The number of benzene rings is 2. The molecule has 30 heavy (non-hydrogen) atoms. The van der Waals surface area contributed by atoms with E-state index in [1.165, 1.54) is 12.3 Å². The molecule has 0 atom stereocenters. The molecular formula is C22H16Cl2N2O4. The second-order valence-electron chi connectivity index (χ2n) is 6.39. The standard InChI is InChI=1S/C22H16Cl2N2O4/c1-28-15-6-7-16-13(12-29-20(16)10-15)8-21(27)26-18-4-2-3-5-19(18)30-22-17(24)9-14(23)11-25-22/h2-7,9-12H,8H2,1H3,(H,26,27). The Morgan fingerprint density at radius 3 is 2.80 bits per heavy atom. The monoisotopic (exact) mass is 442 g/mol. The maximum atomic E-state index is 12.7. The van der Waals surface area contributed by atoms with Crippen LogP contribution in [0.25, 0.3) is 11.0 Å². The summed E-state index contributed by atoms with van der Waals surface area (Å²) in [6, 6.07) is 14.0. The fourth-order valence-electron chi connectivity index (χ4n) is 2.93. The van der Waals surface area contributed by atoms with Crippen molar-refractivity contribution in [1.29, 1.82) is 0 Å². The number of hydrogen-bond donors (Lipinski definition) is 1. The van der Waals surface area contributed by atoms with E-state index in [9.17, 15) is 4.79 Å². The van der Waals surface area contributed by atoms with Crippen LogP contribution in [0.1, 0.15) is 5.56 Å². The molecule has 2 aromatic heterocycles. The summed E-state index contributed by atoms with van der Waals surface area (Å²) < 4.78 is 16.5. The van der Waals surface area contributed by atoms with E-state index < -0.39 is 0 Å². The van der Waals surface area contributed by atoms with Crippen molar-refractivity contribution in [1.82, 2.24) is 4.98 Å². The summed E-state index contributed by atoms with van der Waals surface area (Å²) in [5, 5.41) is 4.38. The summed E-state index contributed by atoms with van der Waals surface area (Å²) in [5.74, 6) is 1.06. The minimum absolute atomic E-state index is 0.133. The molecule has 0 fully saturated rings. The van der Waals surface area contributed by atoms with Crippen LogP contribution < -0.4 is 14.8 Å². The highest BCUT2D eigenvalue weighted by molar-refractivity contribution is 6.35. The minimum atomic E-state index is -0.222. The molecule has 0 aliphatic heterocycles.